The first-order valence-corrected chi connectivity index (χ1v) is 6.32. The van der Waals surface area contributed by atoms with E-state index in [1.807, 2.05) is 11.8 Å². The van der Waals surface area contributed by atoms with Crippen LogP contribution in [0.2, 0.25) is 0 Å². The molecule has 1 aromatic rings. The molecular formula is C10H12OS2. The summed E-state index contributed by atoms with van der Waals surface area (Å²) in [7, 11) is 0. The average Bonchev–Trinajstić information content (AvgIpc) is 2.57. The molecule has 13 heavy (non-hydrogen) atoms. The Morgan fingerprint density at radius 3 is 3.15 bits per heavy atom. The summed E-state index contributed by atoms with van der Waals surface area (Å²) < 4.78 is 1.35. The number of hydrogen-bond donors (Lipinski definition) is 0. The predicted octanol–water partition coefficient (Wildman–Crippen LogP) is 3.35. The van der Waals surface area contributed by atoms with Gasteiger partial charge in [-0.15, -0.1) is 23.1 Å². The first-order chi connectivity index (χ1) is 6.34. The van der Waals surface area contributed by atoms with Gasteiger partial charge in [-0.3, -0.25) is 4.79 Å². The van der Waals surface area contributed by atoms with Gasteiger partial charge in [0.1, 0.15) is 5.78 Å². The number of ketones is 1. The van der Waals surface area contributed by atoms with E-state index in [1.54, 1.807) is 11.3 Å². The topological polar surface area (TPSA) is 17.1 Å². The second-order valence-corrected chi connectivity index (χ2v) is 5.86. The lowest BCUT2D eigenvalue weighted by molar-refractivity contribution is -0.120. The van der Waals surface area contributed by atoms with E-state index in [4.69, 9.17) is 0 Å². The van der Waals surface area contributed by atoms with E-state index in [9.17, 15) is 4.79 Å². The minimum Gasteiger partial charge on any atom is -0.300 e. The van der Waals surface area contributed by atoms with Crippen LogP contribution in [0, 0.1) is 0 Å². The van der Waals surface area contributed by atoms with E-state index in [2.05, 4.69) is 17.5 Å². The molecule has 1 atom stereocenters. The van der Waals surface area contributed by atoms with E-state index in [0.717, 1.165) is 19.3 Å². The molecule has 0 saturated heterocycles. The Balaban J connectivity index is 1.91. The molecular weight excluding hydrogens is 200 g/mol. The minimum atomic E-state index is 0.445. The summed E-state index contributed by atoms with van der Waals surface area (Å²) in [4.78, 5) is 11.2. The minimum absolute atomic E-state index is 0.445. The number of Topliss-reactive ketones (excluding diaryl/α,β-unsaturated/α-hetero) is 1. The summed E-state index contributed by atoms with van der Waals surface area (Å²) in [6, 6.07) is 4.20. The summed E-state index contributed by atoms with van der Waals surface area (Å²) in [5.74, 6) is 0.445. The summed E-state index contributed by atoms with van der Waals surface area (Å²) in [6.45, 7) is 0. The Morgan fingerprint density at radius 2 is 2.46 bits per heavy atom. The molecule has 3 heteroatoms. The maximum Gasteiger partial charge on any atom is 0.134 e. The van der Waals surface area contributed by atoms with Gasteiger partial charge in [-0.2, -0.15) is 0 Å². The van der Waals surface area contributed by atoms with Crippen LogP contribution < -0.4 is 0 Å². The van der Waals surface area contributed by atoms with Crippen molar-refractivity contribution < 1.29 is 4.79 Å². The largest absolute Gasteiger partial charge is 0.300 e. The fourth-order valence-electron chi connectivity index (χ4n) is 1.58. The first-order valence-electron chi connectivity index (χ1n) is 4.56. The van der Waals surface area contributed by atoms with Crippen molar-refractivity contribution in [3.63, 3.8) is 0 Å². The van der Waals surface area contributed by atoms with Crippen LogP contribution in [0.3, 0.4) is 0 Å². The molecule has 0 bridgehead atoms. The number of thiophene rings is 1. The van der Waals surface area contributed by atoms with Crippen LogP contribution in [0.4, 0.5) is 0 Å². The first kappa shape index (κ1) is 9.28. The maximum absolute atomic E-state index is 11.2. The molecule has 1 aliphatic carbocycles. The molecule has 1 fully saturated rings. The Bertz CT molecular complexity index is 279. The van der Waals surface area contributed by atoms with Gasteiger partial charge in [-0.1, -0.05) is 6.07 Å². The lowest BCUT2D eigenvalue weighted by Gasteiger charge is -2.19. The standard InChI is InChI=1S/C10H12OS2/c11-8-3-1-4-9(7-8)13-10-5-2-6-12-10/h2,5-6,9H,1,3-4,7H2. The molecule has 1 aromatic heterocycles. The van der Waals surface area contributed by atoms with Gasteiger partial charge in [0.05, 0.1) is 4.21 Å². The van der Waals surface area contributed by atoms with E-state index in [-0.39, 0.29) is 0 Å². The van der Waals surface area contributed by atoms with Gasteiger partial charge in [-0.05, 0) is 24.3 Å². The third-order valence-electron chi connectivity index (χ3n) is 2.21. The van der Waals surface area contributed by atoms with Crippen LogP contribution in [0.1, 0.15) is 25.7 Å². The fraction of sp³-hybridized carbons (Fsp3) is 0.500. The zero-order valence-corrected chi connectivity index (χ0v) is 9.00. The van der Waals surface area contributed by atoms with Crippen LogP contribution in [-0.2, 0) is 4.79 Å². The number of carbonyl (C=O) groups excluding carboxylic acids is 1. The molecule has 0 N–H and O–H groups in total. The molecule has 2 rings (SSSR count). The van der Waals surface area contributed by atoms with E-state index in [1.165, 1.54) is 10.6 Å². The molecule has 1 saturated carbocycles. The van der Waals surface area contributed by atoms with Crippen molar-refractivity contribution in [2.24, 2.45) is 0 Å². The summed E-state index contributed by atoms with van der Waals surface area (Å²) in [5.41, 5.74) is 0. The lowest BCUT2D eigenvalue weighted by atomic mass is 9.99. The van der Waals surface area contributed by atoms with Crippen molar-refractivity contribution in [3.8, 4) is 0 Å². The van der Waals surface area contributed by atoms with Gasteiger partial charge < -0.3 is 0 Å². The van der Waals surface area contributed by atoms with E-state index in [0.29, 0.717) is 11.0 Å². The van der Waals surface area contributed by atoms with Crippen LogP contribution >= 0.6 is 23.1 Å². The third kappa shape index (κ3) is 2.58. The molecule has 1 nitrogen and oxygen atoms in total. The van der Waals surface area contributed by atoms with Gasteiger partial charge in [0.15, 0.2) is 0 Å². The van der Waals surface area contributed by atoms with Crippen molar-refractivity contribution in [1.82, 2.24) is 0 Å². The molecule has 0 radical (unpaired) electrons. The molecule has 1 unspecified atom stereocenters. The Hall–Kier alpha value is -0.280. The second-order valence-electron chi connectivity index (χ2n) is 3.31. The van der Waals surface area contributed by atoms with Crippen molar-refractivity contribution in [2.45, 2.75) is 35.1 Å². The van der Waals surface area contributed by atoms with Crippen LogP contribution in [0.5, 0.6) is 0 Å². The SMILES string of the molecule is O=C1CCCC(Sc2cccs2)C1. The molecule has 1 heterocycles. The molecule has 0 spiro atoms. The molecule has 1 aliphatic rings. The van der Waals surface area contributed by atoms with Crippen LogP contribution in [0.25, 0.3) is 0 Å². The Kier molecular flexibility index (Phi) is 3.06. The van der Waals surface area contributed by atoms with Crippen LogP contribution in [-0.4, -0.2) is 11.0 Å². The summed E-state index contributed by atoms with van der Waals surface area (Å²) in [5, 5.41) is 2.63. The number of carbonyl (C=O) groups is 1. The van der Waals surface area contributed by atoms with Crippen molar-refractivity contribution in [1.29, 1.82) is 0 Å². The van der Waals surface area contributed by atoms with Crippen molar-refractivity contribution >= 4 is 28.9 Å². The van der Waals surface area contributed by atoms with E-state index < -0.39 is 0 Å². The fourth-order valence-corrected chi connectivity index (χ4v) is 3.87. The van der Waals surface area contributed by atoms with Gasteiger partial charge in [-0.25, -0.2) is 0 Å². The van der Waals surface area contributed by atoms with Gasteiger partial charge in [0.2, 0.25) is 0 Å². The van der Waals surface area contributed by atoms with Crippen molar-refractivity contribution in [2.75, 3.05) is 0 Å². The highest BCUT2D eigenvalue weighted by Crippen LogP contribution is 2.34. The molecule has 0 amide bonds. The second kappa shape index (κ2) is 4.29. The quantitative estimate of drug-likeness (QED) is 0.748. The zero-order valence-electron chi connectivity index (χ0n) is 7.36. The molecule has 70 valence electrons. The number of thioether (sulfide) groups is 1. The zero-order chi connectivity index (χ0) is 9.10. The highest BCUT2D eigenvalue weighted by Gasteiger charge is 2.20. The number of hydrogen-bond acceptors (Lipinski definition) is 3. The average molecular weight is 212 g/mol. The number of rotatable bonds is 2. The third-order valence-corrected chi connectivity index (χ3v) is 4.56. The lowest BCUT2D eigenvalue weighted by Crippen LogP contribution is -2.16. The summed E-state index contributed by atoms with van der Waals surface area (Å²) in [6.07, 6.45) is 3.88. The van der Waals surface area contributed by atoms with Gasteiger partial charge >= 0.3 is 0 Å². The monoisotopic (exact) mass is 212 g/mol. The highest BCUT2D eigenvalue weighted by molar-refractivity contribution is 8.01. The maximum atomic E-state index is 11.2. The smallest absolute Gasteiger partial charge is 0.134 e. The Labute approximate surface area is 86.5 Å². The highest BCUT2D eigenvalue weighted by atomic mass is 32.2. The molecule has 0 aliphatic heterocycles. The normalized spacial score (nSPS) is 23.4. The van der Waals surface area contributed by atoms with Gasteiger partial charge in [0.25, 0.3) is 0 Å². The van der Waals surface area contributed by atoms with Crippen LogP contribution in [0.15, 0.2) is 21.7 Å². The van der Waals surface area contributed by atoms with E-state index >= 15 is 0 Å². The molecule has 0 aromatic carbocycles. The Morgan fingerprint density at radius 1 is 1.54 bits per heavy atom. The predicted molar refractivity (Wildman–Crippen MR) is 57.4 cm³/mol. The van der Waals surface area contributed by atoms with Crippen molar-refractivity contribution in [3.05, 3.63) is 17.5 Å². The summed E-state index contributed by atoms with van der Waals surface area (Å²) >= 11 is 3.64. The van der Waals surface area contributed by atoms with Gasteiger partial charge in [0, 0.05) is 18.1 Å².